The predicted molar refractivity (Wildman–Crippen MR) is 81.8 cm³/mol. The largest absolute Gasteiger partial charge is 0.481 e. The maximum absolute atomic E-state index is 11.4. The monoisotopic (exact) mass is 309 g/mol. The lowest BCUT2D eigenvalue weighted by atomic mass is 9.90. The number of hydrogen-bond acceptors (Lipinski definition) is 4. The fourth-order valence-corrected chi connectivity index (χ4v) is 5.05. The number of aryl methyl sites for hydroxylation is 1. The number of aromatic nitrogens is 1. The molecule has 4 nitrogen and oxygen atoms in total. The van der Waals surface area contributed by atoms with Gasteiger partial charge in [0.1, 0.15) is 10.6 Å². The van der Waals surface area contributed by atoms with Crippen molar-refractivity contribution in [3.8, 4) is 0 Å². The summed E-state index contributed by atoms with van der Waals surface area (Å²) in [5.74, 6) is -1.15. The maximum atomic E-state index is 11.4. The van der Waals surface area contributed by atoms with Crippen LogP contribution in [0.3, 0.4) is 0 Å². The first-order chi connectivity index (χ1) is 10.2. The molecular formula is C16H23NO3S. The van der Waals surface area contributed by atoms with Gasteiger partial charge in [-0.2, -0.15) is 0 Å². The van der Waals surface area contributed by atoms with Crippen LogP contribution in [0.15, 0.2) is 0 Å². The second-order valence-corrected chi connectivity index (χ2v) is 7.31. The highest BCUT2D eigenvalue weighted by molar-refractivity contribution is 7.11. The Bertz CT molecular complexity index is 518. The topological polar surface area (TPSA) is 59.4 Å². The van der Waals surface area contributed by atoms with Crippen molar-refractivity contribution in [2.24, 2.45) is 0 Å². The van der Waals surface area contributed by atoms with Crippen LogP contribution in [0, 0.1) is 0 Å². The Morgan fingerprint density at radius 2 is 2.00 bits per heavy atom. The minimum atomic E-state index is -0.736. The molecule has 1 saturated carbocycles. The number of rotatable bonds is 3. The van der Waals surface area contributed by atoms with E-state index in [1.807, 2.05) is 0 Å². The molecule has 1 atom stereocenters. The van der Waals surface area contributed by atoms with E-state index in [-0.39, 0.29) is 5.60 Å². The zero-order valence-electron chi connectivity index (χ0n) is 12.6. The number of nitrogens with zero attached hydrogens (tertiary/aromatic N) is 1. The van der Waals surface area contributed by atoms with Gasteiger partial charge in [0.15, 0.2) is 0 Å². The summed E-state index contributed by atoms with van der Waals surface area (Å²) in [6.07, 6.45) is 9.50. The first kappa shape index (κ1) is 15.0. The smallest absolute Gasteiger partial charge is 0.312 e. The number of carboxylic acid groups (broad SMARTS) is 1. The van der Waals surface area contributed by atoms with Crippen LogP contribution in [0.25, 0.3) is 0 Å². The summed E-state index contributed by atoms with van der Waals surface area (Å²) >= 11 is 1.70. The lowest BCUT2D eigenvalue weighted by Crippen LogP contribution is -2.28. The molecule has 116 valence electrons. The van der Waals surface area contributed by atoms with Gasteiger partial charge < -0.3 is 9.84 Å². The Kier molecular flexibility index (Phi) is 4.31. The van der Waals surface area contributed by atoms with Crippen molar-refractivity contribution in [3.63, 3.8) is 0 Å². The molecular weight excluding hydrogens is 286 g/mol. The lowest BCUT2D eigenvalue weighted by molar-refractivity contribution is -0.139. The third-order valence-corrected chi connectivity index (χ3v) is 6.26. The molecule has 5 heteroatoms. The summed E-state index contributed by atoms with van der Waals surface area (Å²) in [6, 6.07) is 0. The van der Waals surface area contributed by atoms with Crippen molar-refractivity contribution in [1.29, 1.82) is 0 Å². The summed E-state index contributed by atoms with van der Waals surface area (Å²) in [4.78, 5) is 17.4. The predicted octanol–water partition coefficient (Wildman–Crippen LogP) is 3.84. The van der Waals surface area contributed by atoms with Gasteiger partial charge >= 0.3 is 5.97 Å². The fraction of sp³-hybridized carbons (Fsp3) is 0.750. The second kappa shape index (κ2) is 6.05. The minimum absolute atomic E-state index is 0.276. The molecule has 2 aliphatic rings. The van der Waals surface area contributed by atoms with Crippen molar-refractivity contribution in [1.82, 2.24) is 4.98 Å². The van der Waals surface area contributed by atoms with Gasteiger partial charge in [0.2, 0.25) is 0 Å². The lowest BCUT2D eigenvalue weighted by Gasteiger charge is -2.29. The zero-order valence-corrected chi connectivity index (χ0v) is 13.4. The third kappa shape index (κ3) is 2.73. The molecule has 1 unspecified atom stereocenters. The number of carbonyl (C=O) groups is 1. The first-order valence-electron chi connectivity index (χ1n) is 7.94. The van der Waals surface area contributed by atoms with Gasteiger partial charge in [-0.1, -0.05) is 25.7 Å². The molecule has 0 saturated heterocycles. The first-order valence-corrected chi connectivity index (χ1v) is 8.76. The van der Waals surface area contributed by atoms with Crippen LogP contribution in [-0.2, 0) is 21.6 Å². The van der Waals surface area contributed by atoms with Gasteiger partial charge in [-0.25, -0.2) is 4.98 Å². The zero-order chi connectivity index (χ0) is 14.9. The van der Waals surface area contributed by atoms with Crippen LogP contribution in [0.5, 0.6) is 0 Å². The number of carboxylic acids is 1. The van der Waals surface area contributed by atoms with Crippen LogP contribution in [0.1, 0.15) is 72.9 Å². The molecule has 0 bridgehead atoms. The van der Waals surface area contributed by atoms with Crippen LogP contribution in [0.4, 0.5) is 0 Å². The number of methoxy groups -OCH3 is 1. The Labute approximate surface area is 129 Å². The molecule has 0 amide bonds. The van der Waals surface area contributed by atoms with Crippen molar-refractivity contribution in [2.75, 3.05) is 7.11 Å². The van der Waals surface area contributed by atoms with Crippen LogP contribution in [-0.4, -0.2) is 23.2 Å². The van der Waals surface area contributed by atoms with E-state index in [0.717, 1.165) is 36.4 Å². The molecule has 0 radical (unpaired) electrons. The molecule has 2 aliphatic carbocycles. The number of hydrogen-bond donors (Lipinski definition) is 1. The van der Waals surface area contributed by atoms with E-state index in [1.165, 1.54) is 30.6 Å². The summed E-state index contributed by atoms with van der Waals surface area (Å²) in [7, 11) is 1.78. The molecule has 1 fully saturated rings. The molecule has 0 aromatic carbocycles. The van der Waals surface area contributed by atoms with Gasteiger partial charge in [0, 0.05) is 12.0 Å². The van der Waals surface area contributed by atoms with E-state index < -0.39 is 11.9 Å². The number of fused-ring (bicyclic) bond motifs is 1. The van der Waals surface area contributed by atoms with E-state index in [4.69, 9.17) is 9.72 Å². The Morgan fingerprint density at radius 3 is 2.62 bits per heavy atom. The van der Waals surface area contributed by atoms with Gasteiger partial charge in [-0.15, -0.1) is 11.3 Å². The highest BCUT2D eigenvalue weighted by Crippen LogP contribution is 2.44. The summed E-state index contributed by atoms with van der Waals surface area (Å²) in [5, 5.41) is 10.4. The number of aliphatic carboxylic acids is 1. The summed E-state index contributed by atoms with van der Waals surface area (Å²) < 4.78 is 5.92. The summed E-state index contributed by atoms with van der Waals surface area (Å²) in [5.41, 5.74) is 0.538. The van der Waals surface area contributed by atoms with Crippen molar-refractivity contribution in [3.05, 3.63) is 15.6 Å². The van der Waals surface area contributed by atoms with E-state index in [9.17, 15) is 9.90 Å². The highest BCUT2D eigenvalue weighted by Gasteiger charge is 2.39. The fourth-order valence-electron chi connectivity index (χ4n) is 3.66. The van der Waals surface area contributed by atoms with E-state index in [0.29, 0.717) is 6.42 Å². The van der Waals surface area contributed by atoms with Gasteiger partial charge in [0.05, 0.1) is 11.6 Å². The molecule has 1 N–H and O–H groups in total. The van der Waals surface area contributed by atoms with Crippen LogP contribution >= 0.6 is 11.3 Å². The van der Waals surface area contributed by atoms with Gasteiger partial charge in [-0.05, 0) is 32.1 Å². The molecule has 1 heterocycles. The number of ether oxygens (including phenoxy) is 1. The van der Waals surface area contributed by atoms with E-state index in [2.05, 4.69) is 0 Å². The Morgan fingerprint density at radius 1 is 1.29 bits per heavy atom. The standard InChI is InChI=1S/C16H23NO3S/c1-20-16(9-4-2-3-5-10-16)15-17-13-11(14(18)19)7-6-8-12(13)21-15/h11H,2-10H2,1H3,(H,18,19). The molecule has 0 aliphatic heterocycles. The third-order valence-electron chi connectivity index (χ3n) is 4.94. The maximum Gasteiger partial charge on any atom is 0.312 e. The minimum Gasteiger partial charge on any atom is -0.481 e. The normalized spacial score (nSPS) is 25.1. The van der Waals surface area contributed by atoms with E-state index >= 15 is 0 Å². The molecule has 21 heavy (non-hydrogen) atoms. The average Bonchev–Trinajstić information content (AvgIpc) is 2.78. The molecule has 3 rings (SSSR count). The van der Waals surface area contributed by atoms with E-state index in [1.54, 1.807) is 18.4 Å². The molecule has 1 aromatic heterocycles. The molecule has 1 aromatic rings. The van der Waals surface area contributed by atoms with Crippen molar-refractivity contribution in [2.45, 2.75) is 69.3 Å². The van der Waals surface area contributed by atoms with Crippen LogP contribution in [0.2, 0.25) is 0 Å². The number of thiazole rings is 1. The SMILES string of the molecule is COC1(c2nc3c(s2)CCCC3C(=O)O)CCCCCC1. The second-order valence-electron chi connectivity index (χ2n) is 6.22. The van der Waals surface area contributed by atoms with Gasteiger partial charge in [-0.3, -0.25) is 4.79 Å². The average molecular weight is 309 g/mol. The van der Waals surface area contributed by atoms with Crippen molar-refractivity contribution < 1.29 is 14.6 Å². The van der Waals surface area contributed by atoms with Gasteiger partial charge in [0.25, 0.3) is 0 Å². The van der Waals surface area contributed by atoms with Crippen molar-refractivity contribution >= 4 is 17.3 Å². The Balaban J connectivity index is 1.97. The quantitative estimate of drug-likeness (QED) is 0.862. The summed E-state index contributed by atoms with van der Waals surface area (Å²) in [6.45, 7) is 0. The highest BCUT2D eigenvalue weighted by atomic mass is 32.1. The molecule has 0 spiro atoms. The van der Waals surface area contributed by atoms with Crippen LogP contribution < -0.4 is 0 Å². The Hall–Kier alpha value is -0.940.